The smallest absolute Gasteiger partial charge is 0.124 e. The molecule has 80 valence electrons. The molecule has 2 rings (SSSR count). The Morgan fingerprint density at radius 3 is 3.20 bits per heavy atom. The van der Waals surface area contributed by atoms with E-state index in [4.69, 9.17) is 4.74 Å². The van der Waals surface area contributed by atoms with E-state index in [1.54, 1.807) is 0 Å². The first kappa shape index (κ1) is 10.2. The van der Waals surface area contributed by atoms with Gasteiger partial charge in [-0.15, -0.1) is 0 Å². The second kappa shape index (κ2) is 4.99. The van der Waals surface area contributed by atoms with E-state index in [2.05, 4.69) is 29.6 Å². The summed E-state index contributed by atoms with van der Waals surface area (Å²) in [6.07, 6.45) is 5.25. The molecule has 0 bridgehead atoms. The standard InChI is InChI=1S/C13H17NO/c1-2-3-9-14-12-8-10-15-13-7-5-4-6-11(12)13/h2-7,12,14H,8-10H2,1H3/b3-2+. The lowest BCUT2D eigenvalue weighted by atomic mass is 10.0. The molecule has 0 fully saturated rings. The fourth-order valence-corrected chi connectivity index (χ4v) is 1.88. The molecule has 0 aliphatic carbocycles. The van der Waals surface area contributed by atoms with Crippen molar-refractivity contribution in [3.8, 4) is 5.75 Å². The normalized spacial score (nSPS) is 19.9. The second-order valence-corrected chi connectivity index (χ2v) is 3.70. The van der Waals surface area contributed by atoms with E-state index in [0.29, 0.717) is 6.04 Å². The molecule has 1 unspecified atom stereocenters. The lowest BCUT2D eigenvalue weighted by Crippen LogP contribution is -2.27. The molecule has 1 aromatic rings. The Morgan fingerprint density at radius 1 is 1.47 bits per heavy atom. The second-order valence-electron chi connectivity index (χ2n) is 3.70. The van der Waals surface area contributed by atoms with Crippen molar-refractivity contribution in [2.75, 3.05) is 13.2 Å². The van der Waals surface area contributed by atoms with E-state index in [1.807, 2.05) is 19.1 Å². The molecule has 1 aromatic carbocycles. The molecule has 0 spiro atoms. The fraction of sp³-hybridized carbons (Fsp3) is 0.385. The molecule has 1 atom stereocenters. The topological polar surface area (TPSA) is 21.3 Å². The van der Waals surface area contributed by atoms with Gasteiger partial charge in [0.05, 0.1) is 6.61 Å². The lowest BCUT2D eigenvalue weighted by Gasteiger charge is -2.26. The summed E-state index contributed by atoms with van der Waals surface area (Å²) in [5.41, 5.74) is 1.29. The minimum absolute atomic E-state index is 0.436. The lowest BCUT2D eigenvalue weighted by molar-refractivity contribution is 0.255. The predicted octanol–water partition coefficient (Wildman–Crippen LogP) is 2.68. The monoisotopic (exact) mass is 203 g/mol. The molecule has 1 aliphatic rings. The third kappa shape index (κ3) is 2.39. The van der Waals surface area contributed by atoms with Crippen LogP contribution in [0.3, 0.4) is 0 Å². The Bertz CT molecular complexity index is 346. The van der Waals surface area contributed by atoms with Crippen LogP contribution in [0, 0.1) is 0 Å². The van der Waals surface area contributed by atoms with Crippen LogP contribution in [0.25, 0.3) is 0 Å². The van der Waals surface area contributed by atoms with Gasteiger partial charge in [-0.1, -0.05) is 30.4 Å². The van der Waals surface area contributed by atoms with Crippen molar-refractivity contribution in [3.05, 3.63) is 42.0 Å². The van der Waals surface area contributed by atoms with E-state index in [1.165, 1.54) is 5.56 Å². The first-order valence-electron chi connectivity index (χ1n) is 5.48. The Labute approximate surface area is 91.0 Å². The maximum Gasteiger partial charge on any atom is 0.124 e. The van der Waals surface area contributed by atoms with E-state index in [0.717, 1.165) is 25.3 Å². The molecule has 15 heavy (non-hydrogen) atoms. The van der Waals surface area contributed by atoms with Crippen molar-refractivity contribution in [1.29, 1.82) is 0 Å². The minimum Gasteiger partial charge on any atom is -0.493 e. The third-order valence-corrected chi connectivity index (χ3v) is 2.68. The van der Waals surface area contributed by atoms with Gasteiger partial charge in [0.15, 0.2) is 0 Å². The van der Waals surface area contributed by atoms with Crippen molar-refractivity contribution in [2.24, 2.45) is 0 Å². The molecule has 1 N–H and O–H groups in total. The van der Waals surface area contributed by atoms with Gasteiger partial charge in [0.1, 0.15) is 5.75 Å². The van der Waals surface area contributed by atoms with Gasteiger partial charge in [-0.25, -0.2) is 0 Å². The highest BCUT2D eigenvalue weighted by Crippen LogP contribution is 2.31. The first-order valence-corrected chi connectivity index (χ1v) is 5.48. The highest BCUT2D eigenvalue weighted by molar-refractivity contribution is 5.37. The number of allylic oxidation sites excluding steroid dienone is 1. The van der Waals surface area contributed by atoms with Crippen LogP contribution in [0.4, 0.5) is 0 Å². The van der Waals surface area contributed by atoms with Crippen LogP contribution in [0.2, 0.25) is 0 Å². The third-order valence-electron chi connectivity index (χ3n) is 2.68. The number of fused-ring (bicyclic) bond motifs is 1. The van der Waals surface area contributed by atoms with Gasteiger partial charge in [-0.3, -0.25) is 0 Å². The molecular weight excluding hydrogens is 186 g/mol. The number of hydrogen-bond donors (Lipinski definition) is 1. The zero-order valence-corrected chi connectivity index (χ0v) is 9.07. The highest BCUT2D eigenvalue weighted by Gasteiger charge is 2.19. The largest absolute Gasteiger partial charge is 0.493 e. The molecule has 0 saturated carbocycles. The average Bonchev–Trinajstić information content (AvgIpc) is 2.30. The van der Waals surface area contributed by atoms with Crippen molar-refractivity contribution in [3.63, 3.8) is 0 Å². The van der Waals surface area contributed by atoms with Crippen LogP contribution in [0.1, 0.15) is 24.9 Å². The van der Waals surface area contributed by atoms with Crippen molar-refractivity contribution in [2.45, 2.75) is 19.4 Å². The molecule has 2 nitrogen and oxygen atoms in total. The Hall–Kier alpha value is -1.28. The minimum atomic E-state index is 0.436. The maximum absolute atomic E-state index is 5.60. The van der Waals surface area contributed by atoms with Gasteiger partial charge in [0.2, 0.25) is 0 Å². The number of rotatable bonds is 3. The zero-order chi connectivity index (χ0) is 10.5. The quantitative estimate of drug-likeness (QED) is 0.763. The number of ether oxygens (including phenoxy) is 1. The van der Waals surface area contributed by atoms with Gasteiger partial charge in [0, 0.05) is 24.6 Å². The summed E-state index contributed by atoms with van der Waals surface area (Å²) in [5, 5.41) is 3.51. The SMILES string of the molecule is C/C=C/CNC1CCOc2ccccc21. The van der Waals surface area contributed by atoms with Crippen LogP contribution in [-0.2, 0) is 0 Å². The van der Waals surface area contributed by atoms with Crippen LogP contribution in [0.5, 0.6) is 5.75 Å². The van der Waals surface area contributed by atoms with Crippen molar-refractivity contribution < 1.29 is 4.74 Å². The van der Waals surface area contributed by atoms with Crippen molar-refractivity contribution in [1.82, 2.24) is 5.32 Å². The van der Waals surface area contributed by atoms with E-state index in [9.17, 15) is 0 Å². The Morgan fingerprint density at radius 2 is 2.33 bits per heavy atom. The Kier molecular flexibility index (Phi) is 3.41. The Balaban J connectivity index is 2.08. The highest BCUT2D eigenvalue weighted by atomic mass is 16.5. The molecule has 0 saturated heterocycles. The summed E-state index contributed by atoms with van der Waals surface area (Å²) < 4.78 is 5.60. The molecule has 2 heteroatoms. The van der Waals surface area contributed by atoms with E-state index < -0.39 is 0 Å². The summed E-state index contributed by atoms with van der Waals surface area (Å²) in [7, 11) is 0. The van der Waals surface area contributed by atoms with E-state index >= 15 is 0 Å². The fourth-order valence-electron chi connectivity index (χ4n) is 1.88. The van der Waals surface area contributed by atoms with Gasteiger partial charge < -0.3 is 10.1 Å². The summed E-state index contributed by atoms with van der Waals surface area (Å²) in [6.45, 7) is 3.78. The molecule has 0 amide bonds. The summed E-state index contributed by atoms with van der Waals surface area (Å²) in [5.74, 6) is 1.03. The summed E-state index contributed by atoms with van der Waals surface area (Å²) in [4.78, 5) is 0. The van der Waals surface area contributed by atoms with Crippen LogP contribution >= 0.6 is 0 Å². The van der Waals surface area contributed by atoms with Crippen LogP contribution in [0.15, 0.2) is 36.4 Å². The van der Waals surface area contributed by atoms with Gasteiger partial charge >= 0.3 is 0 Å². The van der Waals surface area contributed by atoms with Gasteiger partial charge in [0.25, 0.3) is 0 Å². The molecule has 0 radical (unpaired) electrons. The number of para-hydroxylation sites is 1. The maximum atomic E-state index is 5.60. The van der Waals surface area contributed by atoms with E-state index in [-0.39, 0.29) is 0 Å². The molecule has 1 heterocycles. The van der Waals surface area contributed by atoms with Crippen LogP contribution < -0.4 is 10.1 Å². The summed E-state index contributed by atoms with van der Waals surface area (Å²) >= 11 is 0. The first-order chi connectivity index (χ1) is 7.42. The molecular formula is C13H17NO. The molecule has 1 aliphatic heterocycles. The molecule has 0 aromatic heterocycles. The number of nitrogens with one attached hydrogen (secondary N) is 1. The average molecular weight is 203 g/mol. The number of hydrogen-bond acceptors (Lipinski definition) is 2. The number of benzene rings is 1. The zero-order valence-electron chi connectivity index (χ0n) is 9.07. The predicted molar refractivity (Wildman–Crippen MR) is 62.1 cm³/mol. The van der Waals surface area contributed by atoms with Crippen molar-refractivity contribution >= 4 is 0 Å². The van der Waals surface area contributed by atoms with Gasteiger partial charge in [-0.05, 0) is 13.0 Å². The van der Waals surface area contributed by atoms with Gasteiger partial charge in [-0.2, -0.15) is 0 Å². The van der Waals surface area contributed by atoms with Crippen LogP contribution in [-0.4, -0.2) is 13.2 Å². The summed E-state index contributed by atoms with van der Waals surface area (Å²) in [6, 6.07) is 8.71.